The van der Waals surface area contributed by atoms with Gasteiger partial charge in [-0.1, -0.05) is 0 Å². The van der Waals surface area contributed by atoms with Crippen LogP contribution in [0.3, 0.4) is 0 Å². The highest BCUT2D eigenvalue weighted by atomic mass is 32.2. The summed E-state index contributed by atoms with van der Waals surface area (Å²) in [5.41, 5.74) is 0. The molecule has 5 nitrogen and oxygen atoms in total. The molecule has 0 radical (unpaired) electrons. The Balaban J connectivity index is 1.94. The van der Waals surface area contributed by atoms with Crippen LogP contribution in [0.25, 0.3) is 0 Å². The minimum Gasteiger partial charge on any atom is -0.379 e. The Morgan fingerprint density at radius 2 is 1.94 bits per heavy atom. The summed E-state index contributed by atoms with van der Waals surface area (Å²) in [4.78, 5) is 0. The number of rotatable bonds is 11. The van der Waals surface area contributed by atoms with Gasteiger partial charge in [-0.3, -0.25) is 0 Å². The van der Waals surface area contributed by atoms with Crippen LogP contribution < -0.4 is 10.0 Å². The van der Waals surface area contributed by atoms with Gasteiger partial charge in [-0.05, 0) is 39.5 Å². The summed E-state index contributed by atoms with van der Waals surface area (Å²) in [7, 11) is -3.11. The maximum atomic E-state index is 11.6. The second-order valence-corrected chi connectivity index (χ2v) is 6.99. The zero-order chi connectivity index (χ0) is 13.4. The summed E-state index contributed by atoms with van der Waals surface area (Å²) in [5, 5.41) is 3.20. The van der Waals surface area contributed by atoms with Gasteiger partial charge in [0.15, 0.2) is 0 Å². The quantitative estimate of drug-likeness (QED) is 0.550. The fraction of sp³-hybridized carbons (Fsp3) is 1.00. The van der Waals surface area contributed by atoms with Gasteiger partial charge in [0, 0.05) is 25.7 Å². The highest BCUT2D eigenvalue weighted by Crippen LogP contribution is 2.17. The van der Waals surface area contributed by atoms with E-state index in [4.69, 9.17) is 4.74 Å². The molecule has 0 aliphatic heterocycles. The first-order valence-electron chi connectivity index (χ1n) is 6.82. The smallest absolute Gasteiger partial charge is 0.212 e. The molecular weight excluding hydrogens is 252 g/mol. The minimum absolute atomic E-state index is 0.173. The van der Waals surface area contributed by atoms with E-state index in [-0.39, 0.29) is 11.9 Å². The van der Waals surface area contributed by atoms with Crippen molar-refractivity contribution in [1.82, 2.24) is 10.0 Å². The lowest BCUT2D eigenvalue weighted by molar-refractivity contribution is 0.0762. The van der Waals surface area contributed by atoms with Gasteiger partial charge in [0.1, 0.15) is 0 Å². The molecule has 1 fully saturated rings. The molecule has 0 aromatic carbocycles. The Bertz CT molecular complexity index is 313. The normalized spacial score (nSPS) is 16.4. The maximum absolute atomic E-state index is 11.6. The highest BCUT2D eigenvalue weighted by Gasteiger charge is 2.20. The fourth-order valence-electron chi connectivity index (χ4n) is 1.53. The molecule has 0 spiro atoms. The third-order valence-electron chi connectivity index (χ3n) is 2.73. The van der Waals surface area contributed by atoms with Gasteiger partial charge < -0.3 is 10.1 Å². The summed E-state index contributed by atoms with van der Waals surface area (Å²) >= 11 is 0. The number of nitrogens with one attached hydrogen (secondary N) is 2. The van der Waals surface area contributed by atoms with Gasteiger partial charge in [0.25, 0.3) is 0 Å². The van der Waals surface area contributed by atoms with Crippen molar-refractivity contribution >= 4 is 10.0 Å². The summed E-state index contributed by atoms with van der Waals surface area (Å²) < 4.78 is 31.2. The minimum atomic E-state index is -3.11. The third-order valence-corrected chi connectivity index (χ3v) is 4.11. The van der Waals surface area contributed by atoms with Crippen molar-refractivity contribution < 1.29 is 13.2 Å². The average molecular weight is 278 g/mol. The van der Waals surface area contributed by atoms with E-state index < -0.39 is 10.0 Å². The van der Waals surface area contributed by atoms with Gasteiger partial charge in [0.05, 0.1) is 11.9 Å². The largest absolute Gasteiger partial charge is 0.379 e. The summed E-state index contributed by atoms with van der Waals surface area (Å²) in [6.07, 6.45) is 4.32. The highest BCUT2D eigenvalue weighted by molar-refractivity contribution is 7.89. The van der Waals surface area contributed by atoms with Crippen LogP contribution in [0, 0.1) is 0 Å². The number of ether oxygens (including phenoxy) is 1. The fourth-order valence-corrected chi connectivity index (χ4v) is 2.52. The van der Waals surface area contributed by atoms with Crippen molar-refractivity contribution in [3.8, 4) is 0 Å². The van der Waals surface area contributed by atoms with Gasteiger partial charge >= 0.3 is 0 Å². The molecular formula is C12H26N2O3S. The third kappa shape index (κ3) is 8.85. The van der Waals surface area contributed by atoms with E-state index in [0.29, 0.717) is 25.7 Å². The first kappa shape index (κ1) is 15.9. The zero-order valence-electron chi connectivity index (χ0n) is 11.4. The van der Waals surface area contributed by atoms with Gasteiger partial charge in [0.2, 0.25) is 10.0 Å². The summed E-state index contributed by atoms with van der Waals surface area (Å²) in [5.74, 6) is 0.173. The van der Waals surface area contributed by atoms with Crippen LogP contribution >= 0.6 is 0 Å². The van der Waals surface area contributed by atoms with E-state index in [2.05, 4.69) is 10.0 Å². The van der Waals surface area contributed by atoms with Crippen LogP contribution in [-0.2, 0) is 14.8 Å². The predicted octanol–water partition coefficient (Wildman–Crippen LogP) is 0.863. The lowest BCUT2D eigenvalue weighted by atomic mass is 10.3. The number of hydrogen-bond acceptors (Lipinski definition) is 4. The lowest BCUT2D eigenvalue weighted by Gasteiger charge is -2.09. The first-order valence-corrected chi connectivity index (χ1v) is 8.47. The molecule has 1 aliphatic rings. The standard InChI is InChI=1S/C12H26N2O3S/c1-11(2)17-9-4-3-7-14-18(15,16)10-8-13-12-5-6-12/h11-14H,3-10H2,1-2H3. The molecule has 0 unspecified atom stereocenters. The molecule has 0 amide bonds. The monoisotopic (exact) mass is 278 g/mol. The van der Waals surface area contributed by atoms with Crippen LogP contribution in [0.4, 0.5) is 0 Å². The maximum Gasteiger partial charge on any atom is 0.212 e. The molecule has 108 valence electrons. The van der Waals surface area contributed by atoms with Crippen LogP contribution in [-0.4, -0.2) is 46.0 Å². The predicted molar refractivity (Wildman–Crippen MR) is 73.1 cm³/mol. The Morgan fingerprint density at radius 1 is 1.22 bits per heavy atom. The molecule has 0 saturated heterocycles. The Hall–Kier alpha value is -0.170. The second-order valence-electron chi connectivity index (χ2n) is 5.07. The van der Waals surface area contributed by atoms with Gasteiger partial charge in [-0.15, -0.1) is 0 Å². The van der Waals surface area contributed by atoms with Crippen LogP contribution in [0.2, 0.25) is 0 Å². The van der Waals surface area contributed by atoms with Crippen LogP contribution in [0.1, 0.15) is 39.5 Å². The van der Waals surface area contributed by atoms with E-state index in [1.807, 2.05) is 13.8 Å². The molecule has 0 aromatic rings. The van der Waals surface area contributed by atoms with E-state index in [1.54, 1.807) is 0 Å². The average Bonchev–Trinajstić information content (AvgIpc) is 3.06. The van der Waals surface area contributed by atoms with E-state index in [0.717, 1.165) is 12.8 Å². The Labute approximate surface area is 111 Å². The Kier molecular flexibility index (Phi) is 7.14. The molecule has 1 aliphatic carbocycles. The van der Waals surface area contributed by atoms with Crippen molar-refractivity contribution in [2.24, 2.45) is 0 Å². The van der Waals surface area contributed by atoms with Crippen molar-refractivity contribution in [1.29, 1.82) is 0 Å². The first-order chi connectivity index (χ1) is 8.49. The molecule has 0 aromatic heterocycles. The molecule has 18 heavy (non-hydrogen) atoms. The topological polar surface area (TPSA) is 67.4 Å². The molecule has 1 saturated carbocycles. The number of hydrogen-bond donors (Lipinski definition) is 2. The Morgan fingerprint density at radius 3 is 2.56 bits per heavy atom. The van der Waals surface area contributed by atoms with E-state index in [1.165, 1.54) is 12.8 Å². The zero-order valence-corrected chi connectivity index (χ0v) is 12.3. The van der Waals surface area contributed by atoms with Crippen molar-refractivity contribution in [2.45, 2.75) is 51.7 Å². The lowest BCUT2D eigenvalue weighted by Crippen LogP contribution is -2.33. The summed E-state index contributed by atoms with van der Waals surface area (Å²) in [6, 6.07) is 0.563. The van der Waals surface area contributed by atoms with Crippen molar-refractivity contribution in [3.63, 3.8) is 0 Å². The molecule has 6 heteroatoms. The van der Waals surface area contributed by atoms with Crippen molar-refractivity contribution in [3.05, 3.63) is 0 Å². The molecule has 0 bridgehead atoms. The van der Waals surface area contributed by atoms with E-state index in [9.17, 15) is 8.42 Å². The second kappa shape index (κ2) is 8.09. The van der Waals surface area contributed by atoms with Crippen LogP contribution in [0.5, 0.6) is 0 Å². The SMILES string of the molecule is CC(C)OCCCCNS(=O)(=O)CCNC1CC1. The summed E-state index contributed by atoms with van der Waals surface area (Å²) in [6.45, 7) is 5.75. The van der Waals surface area contributed by atoms with E-state index >= 15 is 0 Å². The molecule has 0 heterocycles. The van der Waals surface area contributed by atoms with Gasteiger partial charge in [-0.2, -0.15) is 0 Å². The number of sulfonamides is 1. The van der Waals surface area contributed by atoms with Crippen molar-refractivity contribution in [2.75, 3.05) is 25.4 Å². The van der Waals surface area contributed by atoms with Gasteiger partial charge in [-0.25, -0.2) is 13.1 Å². The van der Waals surface area contributed by atoms with Crippen LogP contribution in [0.15, 0.2) is 0 Å². The molecule has 0 atom stereocenters. The molecule has 2 N–H and O–H groups in total. The number of unbranched alkanes of at least 4 members (excludes halogenated alkanes) is 1. The molecule has 1 rings (SSSR count).